The maximum Gasteiger partial charge on any atom is 0.331 e. The Morgan fingerprint density at radius 1 is 1.17 bits per heavy atom. The number of para-hydroxylation sites is 1. The van der Waals surface area contributed by atoms with Gasteiger partial charge >= 0.3 is 5.97 Å². The number of benzene rings is 1. The van der Waals surface area contributed by atoms with Crippen LogP contribution in [0.2, 0.25) is 0 Å². The molecule has 1 atom stereocenters. The van der Waals surface area contributed by atoms with Crippen molar-refractivity contribution in [2.45, 2.75) is 20.0 Å². The Morgan fingerprint density at radius 2 is 1.92 bits per heavy atom. The van der Waals surface area contributed by atoms with E-state index in [9.17, 15) is 14.4 Å². The van der Waals surface area contributed by atoms with Gasteiger partial charge in [-0.3, -0.25) is 9.59 Å². The molecule has 1 aromatic carbocycles. The van der Waals surface area contributed by atoms with E-state index in [1.54, 1.807) is 30.3 Å². The fourth-order valence-corrected chi connectivity index (χ4v) is 2.55. The second kappa shape index (κ2) is 8.21. The van der Waals surface area contributed by atoms with Crippen LogP contribution in [-0.4, -0.2) is 23.8 Å². The van der Waals surface area contributed by atoms with E-state index in [-0.39, 0.29) is 5.78 Å². The summed E-state index contributed by atoms with van der Waals surface area (Å²) < 4.78 is 5.06. The molecule has 1 heterocycles. The van der Waals surface area contributed by atoms with Crippen LogP contribution >= 0.6 is 11.3 Å². The van der Waals surface area contributed by atoms with Crippen LogP contribution in [0.25, 0.3) is 6.08 Å². The van der Waals surface area contributed by atoms with Gasteiger partial charge in [-0.25, -0.2) is 4.79 Å². The number of carbonyl (C=O) groups excluding carboxylic acids is 3. The van der Waals surface area contributed by atoms with Gasteiger partial charge in [0.2, 0.25) is 0 Å². The topological polar surface area (TPSA) is 72.5 Å². The zero-order chi connectivity index (χ0) is 17.5. The number of ether oxygens (including phenoxy) is 1. The molecule has 24 heavy (non-hydrogen) atoms. The lowest BCUT2D eigenvalue weighted by Crippen LogP contribution is -2.30. The molecule has 0 aliphatic heterocycles. The molecular formula is C18H17NO4S. The molecule has 1 amide bonds. The first kappa shape index (κ1) is 17.6. The molecule has 1 N–H and O–H groups in total. The van der Waals surface area contributed by atoms with Gasteiger partial charge in [0.05, 0.1) is 5.69 Å². The Labute approximate surface area is 144 Å². The largest absolute Gasteiger partial charge is 0.449 e. The number of amides is 1. The van der Waals surface area contributed by atoms with Crippen LogP contribution in [0.4, 0.5) is 5.69 Å². The van der Waals surface area contributed by atoms with E-state index in [1.807, 2.05) is 17.5 Å². The Morgan fingerprint density at radius 3 is 2.58 bits per heavy atom. The van der Waals surface area contributed by atoms with E-state index >= 15 is 0 Å². The number of nitrogens with one attached hydrogen (secondary N) is 1. The van der Waals surface area contributed by atoms with Crippen molar-refractivity contribution in [3.63, 3.8) is 0 Å². The average Bonchev–Trinajstić information content (AvgIpc) is 3.06. The van der Waals surface area contributed by atoms with Gasteiger partial charge < -0.3 is 10.1 Å². The molecule has 1 aromatic heterocycles. The number of Topliss-reactive ketones (excluding diaryl/α,β-unsaturated/α-hetero) is 1. The van der Waals surface area contributed by atoms with Gasteiger partial charge in [-0.1, -0.05) is 18.2 Å². The van der Waals surface area contributed by atoms with Gasteiger partial charge in [0.15, 0.2) is 11.9 Å². The zero-order valence-corrected chi connectivity index (χ0v) is 14.1. The van der Waals surface area contributed by atoms with E-state index in [0.29, 0.717) is 11.3 Å². The highest BCUT2D eigenvalue weighted by Gasteiger charge is 2.18. The van der Waals surface area contributed by atoms with Gasteiger partial charge in [-0.15, -0.1) is 11.3 Å². The third kappa shape index (κ3) is 4.89. The molecular weight excluding hydrogens is 326 g/mol. The molecule has 0 aliphatic carbocycles. The first-order valence-corrected chi connectivity index (χ1v) is 8.18. The smallest absolute Gasteiger partial charge is 0.331 e. The number of ketones is 1. The van der Waals surface area contributed by atoms with Crippen LogP contribution in [0.3, 0.4) is 0 Å². The average molecular weight is 343 g/mol. The Hall–Kier alpha value is -2.73. The van der Waals surface area contributed by atoms with Gasteiger partial charge in [0.1, 0.15) is 0 Å². The SMILES string of the molecule is CC(=O)c1ccccc1NC(=O)[C@H](C)OC(=O)/C=C/c1cccs1. The highest BCUT2D eigenvalue weighted by molar-refractivity contribution is 7.10. The lowest BCUT2D eigenvalue weighted by molar-refractivity contribution is -0.148. The van der Waals surface area contributed by atoms with E-state index in [4.69, 9.17) is 4.74 Å². The minimum Gasteiger partial charge on any atom is -0.449 e. The summed E-state index contributed by atoms with van der Waals surface area (Å²) in [5.74, 6) is -1.26. The number of anilines is 1. The second-order valence-corrected chi connectivity index (χ2v) is 6.00. The quantitative estimate of drug-likeness (QED) is 0.495. The van der Waals surface area contributed by atoms with Crippen molar-refractivity contribution < 1.29 is 19.1 Å². The Kier molecular flexibility index (Phi) is 6.03. The Balaban J connectivity index is 1.95. The molecule has 0 unspecified atom stereocenters. The molecule has 2 aromatic rings. The molecule has 0 radical (unpaired) electrons. The van der Waals surface area contributed by atoms with Crippen LogP contribution in [0.1, 0.15) is 29.1 Å². The van der Waals surface area contributed by atoms with Crippen molar-refractivity contribution in [3.05, 3.63) is 58.3 Å². The number of hydrogen-bond donors (Lipinski definition) is 1. The van der Waals surface area contributed by atoms with Gasteiger partial charge in [-0.2, -0.15) is 0 Å². The predicted molar refractivity (Wildman–Crippen MR) is 94.0 cm³/mol. The Bertz CT molecular complexity index is 765. The summed E-state index contributed by atoms with van der Waals surface area (Å²) in [4.78, 5) is 36.3. The number of esters is 1. The summed E-state index contributed by atoms with van der Waals surface area (Å²) in [6.07, 6.45) is 1.92. The number of hydrogen-bond acceptors (Lipinski definition) is 5. The fraction of sp³-hybridized carbons (Fsp3) is 0.167. The van der Waals surface area contributed by atoms with Crippen LogP contribution in [0.5, 0.6) is 0 Å². The number of thiophene rings is 1. The molecule has 6 heteroatoms. The lowest BCUT2D eigenvalue weighted by atomic mass is 10.1. The summed E-state index contributed by atoms with van der Waals surface area (Å²) in [7, 11) is 0. The van der Waals surface area contributed by atoms with Gasteiger partial charge in [0, 0.05) is 16.5 Å². The maximum atomic E-state index is 12.1. The lowest BCUT2D eigenvalue weighted by Gasteiger charge is -2.14. The van der Waals surface area contributed by atoms with Crippen molar-refractivity contribution >= 4 is 40.8 Å². The first-order valence-electron chi connectivity index (χ1n) is 7.30. The third-order valence-corrected chi connectivity index (χ3v) is 3.99. The standard InChI is InChI=1S/C18H17NO4S/c1-12(20)15-7-3-4-8-16(15)19-18(22)13(2)23-17(21)10-9-14-6-5-11-24-14/h3-11,13H,1-2H3,(H,19,22)/b10-9+/t13-/m0/s1. The van der Waals surface area contributed by atoms with E-state index < -0.39 is 18.0 Å². The van der Waals surface area contributed by atoms with E-state index in [1.165, 1.54) is 31.3 Å². The minimum atomic E-state index is -0.981. The zero-order valence-electron chi connectivity index (χ0n) is 13.3. The fourth-order valence-electron chi connectivity index (χ4n) is 1.94. The van der Waals surface area contributed by atoms with E-state index in [2.05, 4.69) is 5.32 Å². The maximum absolute atomic E-state index is 12.1. The summed E-state index contributed by atoms with van der Waals surface area (Å²) in [5, 5.41) is 4.50. The van der Waals surface area contributed by atoms with Gasteiger partial charge in [0.25, 0.3) is 5.91 Å². The van der Waals surface area contributed by atoms with E-state index in [0.717, 1.165) is 4.88 Å². The summed E-state index contributed by atoms with van der Waals surface area (Å²) in [5.41, 5.74) is 0.800. The molecule has 0 saturated carbocycles. The molecule has 0 aliphatic rings. The van der Waals surface area contributed by atoms with Crippen molar-refractivity contribution in [1.82, 2.24) is 0 Å². The summed E-state index contributed by atoms with van der Waals surface area (Å²) in [6, 6.07) is 10.4. The molecule has 2 rings (SSSR count). The first-order chi connectivity index (χ1) is 11.5. The predicted octanol–water partition coefficient (Wildman–Crippen LogP) is 3.53. The minimum absolute atomic E-state index is 0.158. The molecule has 0 bridgehead atoms. The monoisotopic (exact) mass is 343 g/mol. The summed E-state index contributed by atoms with van der Waals surface area (Å²) >= 11 is 1.49. The van der Waals surface area contributed by atoms with Crippen molar-refractivity contribution in [1.29, 1.82) is 0 Å². The highest BCUT2D eigenvalue weighted by Crippen LogP contribution is 2.16. The molecule has 0 spiro atoms. The number of carbonyl (C=O) groups is 3. The van der Waals surface area contributed by atoms with Gasteiger partial charge in [-0.05, 0) is 43.5 Å². The van der Waals surface area contributed by atoms with Crippen LogP contribution in [0, 0.1) is 0 Å². The van der Waals surface area contributed by atoms with Crippen LogP contribution < -0.4 is 5.32 Å². The summed E-state index contributed by atoms with van der Waals surface area (Å²) in [6.45, 7) is 2.90. The van der Waals surface area contributed by atoms with Crippen molar-refractivity contribution in [2.75, 3.05) is 5.32 Å². The number of rotatable bonds is 6. The highest BCUT2D eigenvalue weighted by atomic mass is 32.1. The van der Waals surface area contributed by atoms with Crippen molar-refractivity contribution in [3.8, 4) is 0 Å². The third-order valence-electron chi connectivity index (χ3n) is 3.15. The normalized spacial score (nSPS) is 11.9. The molecule has 0 fully saturated rings. The van der Waals surface area contributed by atoms with Crippen molar-refractivity contribution in [2.24, 2.45) is 0 Å². The van der Waals surface area contributed by atoms with Crippen LogP contribution in [-0.2, 0) is 14.3 Å². The van der Waals surface area contributed by atoms with Crippen LogP contribution in [0.15, 0.2) is 47.9 Å². The second-order valence-electron chi connectivity index (χ2n) is 5.02. The molecule has 124 valence electrons. The molecule has 5 nitrogen and oxygen atoms in total. The molecule has 0 saturated heterocycles.